The number of halogens is 1. The number of benzene rings is 3. The summed E-state index contributed by atoms with van der Waals surface area (Å²) >= 11 is 6.01. The van der Waals surface area contributed by atoms with Gasteiger partial charge in [-0.25, -0.2) is 8.42 Å². The zero-order valence-corrected chi connectivity index (χ0v) is 25.5. The molecule has 3 aromatic rings. The maximum absolute atomic E-state index is 14.1. The lowest BCUT2D eigenvalue weighted by atomic mass is 10.0. The van der Waals surface area contributed by atoms with E-state index in [0.29, 0.717) is 17.1 Å². The van der Waals surface area contributed by atoms with Crippen molar-refractivity contribution in [3.8, 4) is 0 Å². The first-order chi connectivity index (χ1) is 18.7. The molecule has 1 atom stereocenters. The van der Waals surface area contributed by atoms with Crippen molar-refractivity contribution < 1.29 is 18.0 Å². The number of rotatable bonds is 10. The van der Waals surface area contributed by atoms with E-state index in [0.717, 1.165) is 21.0 Å². The van der Waals surface area contributed by atoms with Crippen molar-refractivity contribution in [2.24, 2.45) is 0 Å². The number of nitrogens with one attached hydrogen (secondary N) is 1. The van der Waals surface area contributed by atoms with Gasteiger partial charge < -0.3 is 10.2 Å². The van der Waals surface area contributed by atoms with Crippen LogP contribution in [-0.4, -0.2) is 43.3 Å². The first-order valence-corrected chi connectivity index (χ1v) is 15.1. The highest BCUT2D eigenvalue weighted by atomic mass is 35.5. The molecule has 9 heteroatoms. The predicted octanol–water partition coefficient (Wildman–Crippen LogP) is 5.87. The minimum atomic E-state index is -4.15. The highest BCUT2D eigenvalue weighted by Crippen LogP contribution is 2.27. The summed E-state index contributed by atoms with van der Waals surface area (Å²) in [6, 6.07) is 19.6. The molecular formula is C31H38ClN3O4S. The van der Waals surface area contributed by atoms with Gasteiger partial charge in [-0.15, -0.1) is 0 Å². The zero-order chi connectivity index (χ0) is 29.7. The largest absolute Gasteiger partial charge is 0.350 e. The van der Waals surface area contributed by atoms with E-state index in [1.54, 1.807) is 18.2 Å². The molecule has 0 unspecified atom stereocenters. The van der Waals surface area contributed by atoms with Crippen LogP contribution in [0.3, 0.4) is 0 Å². The number of carbonyl (C=O) groups is 2. The van der Waals surface area contributed by atoms with E-state index in [1.165, 1.54) is 29.2 Å². The lowest BCUT2D eigenvalue weighted by Gasteiger charge is -2.35. The molecule has 0 saturated heterocycles. The average molecular weight is 584 g/mol. The van der Waals surface area contributed by atoms with E-state index in [4.69, 9.17) is 11.6 Å². The van der Waals surface area contributed by atoms with Gasteiger partial charge in [0.2, 0.25) is 11.8 Å². The normalized spacial score (nSPS) is 12.5. The summed E-state index contributed by atoms with van der Waals surface area (Å²) < 4.78 is 28.9. The summed E-state index contributed by atoms with van der Waals surface area (Å²) in [7, 11) is -4.15. The number of hydrogen-bond donors (Lipinski definition) is 1. The van der Waals surface area contributed by atoms with Crippen molar-refractivity contribution in [1.82, 2.24) is 10.2 Å². The van der Waals surface area contributed by atoms with Crippen LogP contribution in [-0.2, 0) is 26.2 Å². The van der Waals surface area contributed by atoms with Gasteiger partial charge in [-0.2, -0.15) is 0 Å². The van der Waals surface area contributed by atoms with E-state index in [2.05, 4.69) is 5.32 Å². The predicted molar refractivity (Wildman–Crippen MR) is 161 cm³/mol. The van der Waals surface area contributed by atoms with Gasteiger partial charge >= 0.3 is 0 Å². The van der Waals surface area contributed by atoms with E-state index in [9.17, 15) is 18.0 Å². The highest BCUT2D eigenvalue weighted by Gasteiger charge is 2.34. The average Bonchev–Trinajstić information content (AvgIpc) is 2.87. The Morgan fingerprint density at radius 1 is 0.950 bits per heavy atom. The summed E-state index contributed by atoms with van der Waals surface area (Å²) in [5.74, 6) is -0.780. The van der Waals surface area contributed by atoms with Crippen LogP contribution >= 0.6 is 11.6 Å². The van der Waals surface area contributed by atoms with Crippen LogP contribution in [0, 0.1) is 13.8 Å². The topological polar surface area (TPSA) is 86.8 Å². The van der Waals surface area contributed by atoms with Crippen molar-refractivity contribution in [2.75, 3.05) is 10.8 Å². The molecule has 0 radical (unpaired) electrons. The van der Waals surface area contributed by atoms with Gasteiger partial charge in [0.1, 0.15) is 12.6 Å². The third-order valence-corrected chi connectivity index (χ3v) is 8.50. The summed E-state index contributed by atoms with van der Waals surface area (Å²) in [6.07, 6.45) is 0.355. The molecule has 40 heavy (non-hydrogen) atoms. The fraction of sp³-hybridized carbons (Fsp3) is 0.355. The lowest BCUT2D eigenvalue weighted by molar-refractivity contribution is -0.141. The van der Waals surface area contributed by atoms with Gasteiger partial charge in [-0.1, -0.05) is 54.9 Å². The SMILES string of the molecule is CC[C@@H](C(=O)NC(C)(C)C)N(Cc1ccccc1C)C(=O)CN(c1cccc(C)c1)S(=O)(=O)c1ccc(Cl)cc1. The van der Waals surface area contributed by atoms with Crippen molar-refractivity contribution >= 4 is 39.1 Å². The molecular weight excluding hydrogens is 546 g/mol. The van der Waals surface area contributed by atoms with Gasteiger partial charge in [-0.3, -0.25) is 13.9 Å². The van der Waals surface area contributed by atoms with Gasteiger partial charge in [0.05, 0.1) is 10.6 Å². The van der Waals surface area contributed by atoms with E-state index >= 15 is 0 Å². The van der Waals surface area contributed by atoms with Gasteiger partial charge in [0.15, 0.2) is 0 Å². The number of anilines is 1. The summed E-state index contributed by atoms with van der Waals surface area (Å²) in [6.45, 7) is 10.9. The Kier molecular flexibility index (Phi) is 10.0. The molecule has 0 aliphatic heterocycles. The third-order valence-electron chi connectivity index (χ3n) is 6.46. The number of sulfonamides is 1. The molecule has 7 nitrogen and oxygen atoms in total. The highest BCUT2D eigenvalue weighted by molar-refractivity contribution is 7.92. The minimum Gasteiger partial charge on any atom is -0.350 e. The first-order valence-electron chi connectivity index (χ1n) is 13.2. The quantitative estimate of drug-likeness (QED) is 0.323. The van der Waals surface area contributed by atoms with Crippen LogP contribution in [0.4, 0.5) is 5.69 Å². The molecule has 0 heterocycles. The van der Waals surface area contributed by atoms with Crippen LogP contribution in [0.25, 0.3) is 0 Å². The van der Waals surface area contributed by atoms with Crippen LogP contribution in [0.5, 0.6) is 0 Å². The Hall–Kier alpha value is -3.36. The first kappa shape index (κ1) is 31.2. The molecule has 0 aliphatic carbocycles. The van der Waals surface area contributed by atoms with Gasteiger partial charge in [0, 0.05) is 17.1 Å². The Balaban J connectivity index is 2.09. The maximum Gasteiger partial charge on any atom is 0.264 e. The minimum absolute atomic E-state index is 0.00850. The molecule has 3 aromatic carbocycles. The van der Waals surface area contributed by atoms with Crippen LogP contribution in [0.2, 0.25) is 5.02 Å². The molecule has 214 valence electrons. The molecule has 0 aromatic heterocycles. The number of carbonyl (C=O) groups excluding carboxylic acids is 2. The Morgan fingerprint density at radius 3 is 2.17 bits per heavy atom. The van der Waals surface area contributed by atoms with E-state index < -0.39 is 34.1 Å². The number of hydrogen-bond acceptors (Lipinski definition) is 4. The Bertz CT molecular complexity index is 1450. The molecule has 0 spiro atoms. The number of amides is 2. The molecule has 3 rings (SSSR count). The Labute approximate surface area is 243 Å². The van der Waals surface area contributed by atoms with Crippen molar-refractivity contribution in [3.05, 3.63) is 94.5 Å². The fourth-order valence-corrected chi connectivity index (χ4v) is 5.92. The zero-order valence-electron chi connectivity index (χ0n) is 23.9. The van der Waals surface area contributed by atoms with Crippen LogP contribution in [0.15, 0.2) is 77.7 Å². The molecule has 1 N–H and O–H groups in total. The molecule has 0 bridgehead atoms. The molecule has 0 aliphatic rings. The van der Waals surface area contributed by atoms with E-state index in [-0.39, 0.29) is 17.3 Å². The third kappa shape index (κ3) is 7.86. The summed E-state index contributed by atoms with van der Waals surface area (Å²) in [4.78, 5) is 29.1. The van der Waals surface area contributed by atoms with Crippen LogP contribution in [0.1, 0.15) is 50.8 Å². The van der Waals surface area contributed by atoms with Crippen molar-refractivity contribution in [3.63, 3.8) is 0 Å². The maximum atomic E-state index is 14.1. The summed E-state index contributed by atoms with van der Waals surface area (Å²) in [5.41, 5.74) is 2.53. The van der Waals surface area contributed by atoms with Crippen LogP contribution < -0.4 is 9.62 Å². The van der Waals surface area contributed by atoms with E-state index in [1.807, 2.05) is 71.9 Å². The van der Waals surface area contributed by atoms with Crippen molar-refractivity contribution in [2.45, 2.75) is 71.0 Å². The molecule has 2 amide bonds. The Morgan fingerprint density at radius 2 is 1.60 bits per heavy atom. The second kappa shape index (κ2) is 12.9. The fourth-order valence-electron chi connectivity index (χ4n) is 4.39. The standard InChI is InChI=1S/C31H38ClN3O4S/c1-7-28(30(37)33-31(4,5)6)34(20-24-13-9-8-12-23(24)3)29(36)21-35(26-14-10-11-22(2)19-26)40(38,39)27-17-15-25(32)16-18-27/h8-19,28H,7,20-21H2,1-6H3,(H,33,37)/t28-/m0/s1. The van der Waals surface area contributed by atoms with Crippen molar-refractivity contribution in [1.29, 1.82) is 0 Å². The lowest BCUT2D eigenvalue weighted by Crippen LogP contribution is -2.55. The smallest absolute Gasteiger partial charge is 0.264 e. The second-order valence-corrected chi connectivity index (χ2v) is 13.2. The monoisotopic (exact) mass is 583 g/mol. The number of nitrogens with zero attached hydrogens (tertiary/aromatic N) is 2. The summed E-state index contributed by atoms with van der Waals surface area (Å²) in [5, 5.41) is 3.38. The van der Waals surface area contributed by atoms with Gasteiger partial charge in [-0.05, 0) is 94.1 Å². The number of aryl methyl sites for hydroxylation is 2. The molecule has 0 saturated carbocycles. The second-order valence-electron chi connectivity index (χ2n) is 10.9. The molecule has 0 fully saturated rings. The van der Waals surface area contributed by atoms with Gasteiger partial charge in [0.25, 0.3) is 10.0 Å².